The van der Waals surface area contributed by atoms with E-state index in [4.69, 9.17) is 10.00 Å². The maximum absolute atomic E-state index is 12.4. The predicted molar refractivity (Wildman–Crippen MR) is 77.7 cm³/mol. The van der Waals surface area contributed by atoms with Gasteiger partial charge in [0, 0.05) is 13.1 Å². The van der Waals surface area contributed by atoms with Crippen LogP contribution in [0.25, 0.3) is 0 Å². The normalized spacial score (nSPS) is 23.2. The highest BCUT2D eigenvalue weighted by atomic mass is 16.5. The maximum Gasteiger partial charge on any atom is 0.263 e. The standard InChI is InChI=1S/C16H20N2O3/c1-12(21-14-7-4-3-6-13(14)10-17)15(19)18-9-5-8-16(2,20)11-18/h3-4,6-7,12,20H,5,8-9,11H2,1-2H3. The molecule has 112 valence electrons. The fraction of sp³-hybridized carbons (Fsp3) is 0.500. The lowest BCUT2D eigenvalue weighted by Crippen LogP contribution is -2.51. The minimum absolute atomic E-state index is 0.164. The summed E-state index contributed by atoms with van der Waals surface area (Å²) in [6, 6.07) is 8.88. The fourth-order valence-electron chi connectivity index (χ4n) is 2.57. The molecule has 0 saturated carbocycles. The topological polar surface area (TPSA) is 73.6 Å². The third-order valence-electron chi connectivity index (χ3n) is 3.65. The van der Waals surface area contributed by atoms with Crippen molar-refractivity contribution in [3.8, 4) is 11.8 Å². The smallest absolute Gasteiger partial charge is 0.263 e. The van der Waals surface area contributed by atoms with Crippen molar-refractivity contribution in [2.24, 2.45) is 0 Å². The van der Waals surface area contributed by atoms with Gasteiger partial charge in [-0.1, -0.05) is 12.1 Å². The number of ether oxygens (including phenoxy) is 1. The number of aliphatic hydroxyl groups is 1. The second-order valence-electron chi connectivity index (χ2n) is 5.73. The van der Waals surface area contributed by atoms with Crippen LogP contribution in [0.3, 0.4) is 0 Å². The Bertz CT molecular complexity index is 563. The van der Waals surface area contributed by atoms with E-state index in [1.807, 2.05) is 6.07 Å². The van der Waals surface area contributed by atoms with Gasteiger partial charge in [-0.25, -0.2) is 0 Å². The van der Waals surface area contributed by atoms with Gasteiger partial charge < -0.3 is 14.7 Å². The van der Waals surface area contributed by atoms with Gasteiger partial charge in [-0.15, -0.1) is 0 Å². The largest absolute Gasteiger partial charge is 0.480 e. The number of rotatable bonds is 3. The number of β-amino-alcohol motifs (C(OH)–C–C–N with tert-alkyl or cyclic N) is 1. The Kier molecular flexibility index (Phi) is 4.49. The number of nitriles is 1. The average Bonchev–Trinajstić information content (AvgIpc) is 2.46. The fourth-order valence-corrected chi connectivity index (χ4v) is 2.57. The van der Waals surface area contributed by atoms with Crippen LogP contribution >= 0.6 is 0 Å². The van der Waals surface area contributed by atoms with E-state index in [9.17, 15) is 9.90 Å². The molecular formula is C16H20N2O3. The third kappa shape index (κ3) is 3.73. The second-order valence-corrected chi connectivity index (χ2v) is 5.73. The summed E-state index contributed by atoms with van der Waals surface area (Å²) >= 11 is 0. The number of carbonyl (C=O) groups is 1. The molecule has 1 saturated heterocycles. The highest BCUT2D eigenvalue weighted by molar-refractivity contribution is 5.81. The van der Waals surface area contributed by atoms with Crippen LogP contribution in [0.2, 0.25) is 0 Å². The lowest BCUT2D eigenvalue weighted by atomic mass is 9.95. The molecule has 21 heavy (non-hydrogen) atoms. The first kappa shape index (κ1) is 15.3. The van der Waals surface area contributed by atoms with Gasteiger partial charge in [0.25, 0.3) is 5.91 Å². The third-order valence-corrected chi connectivity index (χ3v) is 3.65. The van der Waals surface area contributed by atoms with E-state index in [1.165, 1.54) is 0 Å². The molecule has 1 aromatic carbocycles. The van der Waals surface area contributed by atoms with Crippen LogP contribution in [0.4, 0.5) is 0 Å². The van der Waals surface area contributed by atoms with Crippen molar-refractivity contribution in [2.45, 2.75) is 38.4 Å². The Morgan fingerprint density at radius 1 is 1.52 bits per heavy atom. The van der Waals surface area contributed by atoms with Crippen molar-refractivity contribution in [2.75, 3.05) is 13.1 Å². The number of para-hydroxylation sites is 1. The van der Waals surface area contributed by atoms with Crippen molar-refractivity contribution < 1.29 is 14.6 Å². The average molecular weight is 288 g/mol. The minimum atomic E-state index is -0.835. The monoisotopic (exact) mass is 288 g/mol. The molecule has 2 rings (SSSR count). The molecule has 1 N–H and O–H groups in total. The quantitative estimate of drug-likeness (QED) is 0.918. The van der Waals surface area contributed by atoms with Gasteiger partial charge in [-0.3, -0.25) is 4.79 Å². The Hall–Kier alpha value is -2.06. The van der Waals surface area contributed by atoms with Gasteiger partial charge in [-0.2, -0.15) is 5.26 Å². The zero-order valence-electron chi connectivity index (χ0n) is 12.4. The van der Waals surface area contributed by atoms with Gasteiger partial charge in [-0.05, 0) is 38.8 Å². The van der Waals surface area contributed by atoms with Crippen molar-refractivity contribution in [1.82, 2.24) is 4.90 Å². The molecule has 1 fully saturated rings. The van der Waals surface area contributed by atoms with E-state index < -0.39 is 11.7 Å². The molecule has 1 heterocycles. The number of likely N-dealkylation sites (tertiary alicyclic amines) is 1. The molecule has 0 aromatic heterocycles. The predicted octanol–water partition coefficient (Wildman–Crippen LogP) is 1.70. The number of nitrogens with zero attached hydrogens (tertiary/aromatic N) is 2. The SMILES string of the molecule is CC(Oc1ccccc1C#N)C(=O)N1CCCC(C)(O)C1. The Labute approximate surface area is 124 Å². The first-order chi connectivity index (χ1) is 9.93. The molecule has 1 aliphatic rings. The number of benzene rings is 1. The van der Waals surface area contributed by atoms with Crippen LogP contribution in [-0.4, -0.2) is 40.7 Å². The Morgan fingerprint density at radius 2 is 2.24 bits per heavy atom. The maximum atomic E-state index is 12.4. The van der Waals surface area contributed by atoms with Crippen LogP contribution in [-0.2, 0) is 4.79 Å². The summed E-state index contributed by atoms with van der Waals surface area (Å²) in [5, 5.41) is 19.1. The molecule has 0 bridgehead atoms. The highest BCUT2D eigenvalue weighted by Gasteiger charge is 2.33. The van der Waals surface area contributed by atoms with E-state index in [0.29, 0.717) is 30.8 Å². The van der Waals surface area contributed by atoms with E-state index in [1.54, 1.807) is 43.0 Å². The van der Waals surface area contributed by atoms with Crippen LogP contribution in [0.1, 0.15) is 32.3 Å². The second kappa shape index (κ2) is 6.15. The molecule has 0 radical (unpaired) electrons. The van der Waals surface area contributed by atoms with E-state index >= 15 is 0 Å². The van der Waals surface area contributed by atoms with Crippen LogP contribution in [0.5, 0.6) is 5.75 Å². The molecule has 2 unspecified atom stereocenters. The number of piperidine rings is 1. The molecule has 0 spiro atoms. The van der Waals surface area contributed by atoms with Gasteiger partial charge >= 0.3 is 0 Å². The van der Waals surface area contributed by atoms with Crippen LogP contribution in [0.15, 0.2) is 24.3 Å². The van der Waals surface area contributed by atoms with E-state index in [-0.39, 0.29) is 5.91 Å². The summed E-state index contributed by atoms with van der Waals surface area (Å²) in [6.07, 6.45) is 0.789. The zero-order chi connectivity index (χ0) is 15.5. The van der Waals surface area contributed by atoms with Crippen molar-refractivity contribution >= 4 is 5.91 Å². The summed E-state index contributed by atoms with van der Waals surface area (Å²) in [4.78, 5) is 14.0. The van der Waals surface area contributed by atoms with Gasteiger partial charge in [0.1, 0.15) is 11.8 Å². The molecule has 2 atom stereocenters. The summed E-state index contributed by atoms with van der Waals surface area (Å²) in [7, 11) is 0. The van der Waals surface area contributed by atoms with Crippen LogP contribution in [0, 0.1) is 11.3 Å². The lowest BCUT2D eigenvalue weighted by Gasteiger charge is -2.37. The number of amides is 1. The summed E-state index contributed by atoms with van der Waals surface area (Å²) in [5.41, 5.74) is -0.430. The molecule has 1 aromatic rings. The number of carbonyl (C=O) groups excluding carboxylic acids is 1. The molecule has 1 amide bonds. The van der Waals surface area contributed by atoms with Crippen LogP contribution < -0.4 is 4.74 Å². The van der Waals surface area contributed by atoms with Crippen molar-refractivity contribution in [1.29, 1.82) is 5.26 Å². The first-order valence-corrected chi connectivity index (χ1v) is 7.10. The number of hydrogen-bond donors (Lipinski definition) is 1. The van der Waals surface area contributed by atoms with Crippen molar-refractivity contribution in [3.05, 3.63) is 29.8 Å². The minimum Gasteiger partial charge on any atom is -0.480 e. The molecule has 1 aliphatic heterocycles. The van der Waals surface area contributed by atoms with Gasteiger partial charge in [0.2, 0.25) is 0 Å². The molecule has 5 nitrogen and oxygen atoms in total. The zero-order valence-corrected chi connectivity index (χ0v) is 12.4. The Morgan fingerprint density at radius 3 is 2.90 bits per heavy atom. The number of hydrogen-bond acceptors (Lipinski definition) is 4. The lowest BCUT2D eigenvalue weighted by molar-refractivity contribution is -0.144. The highest BCUT2D eigenvalue weighted by Crippen LogP contribution is 2.23. The molecule has 0 aliphatic carbocycles. The summed E-state index contributed by atoms with van der Waals surface area (Å²) in [6.45, 7) is 4.35. The van der Waals surface area contributed by atoms with E-state index in [0.717, 1.165) is 6.42 Å². The summed E-state index contributed by atoms with van der Waals surface area (Å²) < 4.78 is 5.62. The molecular weight excluding hydrogens is 268 g/mol. The first-order valence-electron chi connectivity index (χ1n) is 7.10. The summed E-state index contributed by atoms with van der Waals surface area (Å²) in [5.74, 6) is 0.243. The van der Waals surface area contributed by atoms with Crippen molar-refractivity contribution in [3.63, 3.8) is 0 Å². The van der Waals surface area contributed by atoms with Gasteiger partial charge in [0.15, 0.2) is 6.10 Å². The Balaban J connectivity index is 2.04. The molecule has 5 heteroatoms. The van der Waals surface area contributed by atoms with Gasteiger partial charge in [0.05, 0.1) is 11.2 Å². The van der Waals surface area contributed by atoms with E-state index in [2.05, 4.69) is 0 Å².